The Morgan fingerprint density at radius 1 is 1.39 bits per heavy atom. The number of carbonyl (C=O) groups is 1. The molecule has 0 bridgehead atoms. The van der Waals surface area contributed by atoms with E-state index >= 15 is 0 Å². The first kappa shape index (κ1) is 12.7. The summed E-state index contributed by atoms with van der Waals surface area (Å²) in [7, 11) is 1.73. The predicted octanol–water partition coefficient (Wildman–Crippen LogP) is 2.02. The van der Waals surface area contributed by atoms with Gasteiger partial charge < -0.3 is 20.5 Å². The summed E-state index contributed by atoms with van der Waals surface area (Å²) in [6.07, 6.45) is 1.89. The van der Waals surface area contributed by atoms with Crippen molar-refractivity contribution in [1.29, 1.82) is 0 Å². The first-order valence-corrected chi connectivity index (χ1v) is 6.10. The summed E-state index contributed by atoms with van der Waals surface area (Å²) in [5.74, 6) is -0.921. The average molecular weight is 250 g/mol. The van der Waals surface area contributed by atoms with Crippen molar-refractivity contribution in [2.24, 2.45) is 0 Å². The molecule has 1 aliphatic heterocycles. The Labute approximate surface area is 106 Å². The van der Waals surface area contributed by atoms with Crippen LogP contribution in [0.15, 0.2) is 18.2 Å². The minimum Gasteiger partial charge on any atom is -0.478 e. The molecule has 1 aliphatic rings. The number of carboxylic acids is 1. The molecule has 0 aliphatic carbocycles. The average Bonchev–Trinajstić information content (AvgIpc) is 2.39. The second kappa shape index (κ2) is 5.73. The van der Waals surface area contributed by atoms with Crippen LogP contribution in [0.25, 0.3) is 0 Å². The van der Waals surface area contributed by atoms with Crippen LogP contribution in [0.2, 0.25) is 0 Å². The second-order valence-electron chi connectivity index (χ2n) is 4.31. The van der Waals surface area contributed by atoms with Gasteiger partial charge in [-0.2, -0.15) is 0 Å². The molecular weight excluding hydrogens is 232 g/mol. The van der Waals surface area contributed by atoms with Crippen molar-refractivity contribution in [2.75, 3.05) is 30.9 Å². The smallest absolute Gasteiger partial charge is 0.337 e. The molecule has 1 saturated heterocycles. The van der Waals surface area contributed by atoms with Gasteiger partial charge in [-0.25, -0.2) is 4.79 Å². The zero-order valence-corrected chi connectivity index (χ0v) is 10.4. The van der Waals surface area contributed by atoms with Crippen LogP contribution in [-0.2, 0) is 4.74 Å². The molecule has 0 spiro atoms. The lowest BCUT2D eigenvalue weighted by molar-refractivity contribution is 0.0698. The number of carboxylic acid groups (broad SMARTS) is 1. The molecule has 1 aromatic rings. The fourth-order valence-corrected chi connectivity index (χ4v) is 2.18. The molecule has 1 fully saturated rings. The fraction of sp³-hybridized carbons (Fsp3) is 0.462. The lowest BCUT2D eigenvalue weighted by Gasteiger charge is -2.25. The molecule has 0 saturated carbocycles. The zero-order chi connectivity index (χ0) is 13.0. The van der Waals surface area contributed by atoms with Gasteiger partial charge >= 0.3 is 5.97 Å². The summed E-state index contributed by atoms with van der Waals surface area (Å²) in [5.41, 5.74) is 1.76. The fourth-order valence-electron chi connectivity index (χ4n) is 2.18. The van der Waals surface area contributed by atoms with Crippen molar-refractivity contribution in [3.8, 4) is 0 Å². The third kappa shape index (κ3) is 2.73. The minimum absolute atomic E-state index is 0.287. The molecule has 5 nitrogen and oxygen atoms in total. The Balaban J connectivity index is 2.20. The predicted molar refractivity (Wildman–Crippen MR) is 70.4 cm³/mol. The van der Waals surface area contributed by atoms with Gasteiger partial charge in [0.05, 0.1) is 16.9 Å². The van der Waals surface area contributed by atoms with Gasteiger partial charge in [-0.05, 0) is 25.0 Å². The summed E-state index contributed by atoms with van der Waals surface area (Å²) in [4.78, 5) is 11.1. The number of anilines is 2. The van der Waals surface area contributed by atoms with E-state index in [0.29, 0.717) is 11.7 Å². The molecule has 18 heavy (non-hydrogen) atoms. The summed E-state index contributed by atoms with van der Waals surface area (Å²) >= 11 is 0. The Bertz CT molecular complexity index is 428. The standard InChI is InChI=1S/C13H18N2O3/c1-14-12-10(13(16)17)3-2-4-11(12)15-9-5-7-18-8-6-9/h2-4,9,14-15H,5-8H2,1H3,(H,16,17). The van der Waals surface area contributed by atoms with Crippen molar-refractivity contribution >= 4 is 17.3 Å². The van der Waals surface area contributed by atoms with Gasteiger partial charge in [0.2, 0.25) is 0 Å². The monoisotopic (exact) mass is 250 g/mol. The van der Waals surface area contributed by atoms with Crippen molar-refractivity contribution in [1.82, 2.24) is 0 Å². The summed E-state index contributed by atoms with van der Waals surface area (Å²) in [6.45, 7) is 1.51. The minimum atomic E-state index is -0.921. The molecule has 3 N–H and O–H groups in total. The van der Waals surface area contributed by atoms with Crippen LogP contribution >= 0.6 is 0 Å². The van der Waals surface area contributed by atoms with E-state index in [9.17, 15) is 4.79 Å². The molecular formula is C13H18N2O3. The van der Waals surface area contributed by atoms with Crippen molar-refractivity contribution in [3.05, 3.63) is 23.8 Å². The molecule has 5 heteroatoms. The van der Waals surface area contributed by atoms with Crippen LogP contribution in [0.4, 0.5) is 11.4 Å². The summed E-state index contributed by atoms with van der Waals surface area (Å²) in [5, 5.41) is 15.5. The van der Waals surface area contributed by atoms with Crippen LogP contribution in [0.5, 0.6) is 0 Å². The highest BCUT2D eigenvalue weighted by molar-refractivity contribution is 5.98. The highest BCUT2D eigenvalue weighted by atomic mass is 16.5. The van der Waals surface area contributed by atoms with Gasteiger partial charge in [0.15, 0.2) is 0 Å². The number of aromatic carboxylic acids is 1. The van der Waals surface area contributed by atoms with E-state index in [4.69, 9.17) is 9.84 Å². The highest BCUT2D eigenvalue weighted by Crippen LogP contribution is 2.27. The van der Waals surface area contributed by atoms with Gasteiger partial charge in [0, 0.05) is 26.3 Å². The van der Waals surface area contributed by atoms with Crippen molar-refractivity contribution in [3.63, 3.8) is 0 Å². The van der Waals surface area contributed by atoms with E-state index < -0.39 is 5.97 Å². The lowest BCUT2D eigenvalue weighted by atomic mass is 10.1. The zero-order valence-electron chi connectivity index (χ0n) is 10.4. The van der Waals surface area contributed by atoms with Gasteiger partial charge in [0.1, 0.15) is 0 Å². The first-order valence-electron chi connectivity index (χ1n) is 6.10. The van der Waals surface area contributed by atoms with Crippen LogP contribution < -0.4 is 10.6 Å². The van der Waals surface area contributed by atoms with Crippen LogP contribution in [0.1, 0.15) is 23.2 Å². The maximum Gasteiger partial charge on any atom is 0.337 e. The lowest BCUT2D eigenvalue weighted by Crippen LogP contribution is -2.28. The van der Waals surface area contributed by atoms with E-state index in [2.05, 4.69) is 10.6 Å². The van der Waals surface area contributed by atoms with Crippen LogP contribution in [0.3, 0.4) is 0 Å². The van der Waals surface area contributed by atoms with Gasteiger partial charge in [-0.3, -0.25) is 0 Å². The molecule has 0 radical (unpaired) electrons. The Kier molecular flexibility index (Phi) is 4.04. The van der Waals surface area contributed by atoms with Gasteiger partial charge in [0.25, 0.3) is 0 Å². The van der Waals surface area contributed by atoms with E-state index in [0.717, 1.165) is 31.7 Å². The quantitative estimate of drug-likeness (QED) is 0.762. The Morgan fingerprint density at radius 2 is 2.11 bits per heavy atom. The molecule has 1 heterocycles. The SMILES string of the molecule is CNc1c(NC2CCOCC2)cccc1C(=O)O. The molecule has 0 aromatic heterocycles. The number of para-hydroxylation sites is 1. The molecule has 0 unspecified atom stereocenters. The highest BCUT2D eigenvalue weighted by Gasteiger charge is 2.17. The maximum atomic E-state index is 11.1. The van der Waals surface area contributed by atoms with E-state index in [-0.39, 0.29) is 5.56 Å². The number of hydrogen-bond acceptors (Lipinski definition) is 4. The largest absolute Gasteiger partial charge is 0.478 e. The van der Waals surface area contributed by atoms with Crippen LogP contribution in [-0.4, -0.2) is 37.4 Å². The van der Waals surface area contributed by atoms with E-state index in [1.165, 1.54) is 0 Å². The Hall–Kier alpha value is -1.75. The third-order valence-corrected chi connectivity index (χ3v) is 3.13. The van der Waals surface area contributed by atoms with Crippen molar-refractivity contribution < 1.29 is 14.6 Å². The van der Waals surface area contributed by atoms with E-state index in [1.54, 1.807) is 19.2 Å². The molecule has 1 aromatic carbocycles. The topological polar surface area (TPSA) is 70.6 Å². The second-order valence-corrected chi connectivity index (χ2v) is 4.31. The number of hydrogen-bond donors (Lipinski definition) is 3. The Morgan fingerprint density at radius 3 is 2.72 bits per heavy atom. The van der Waals surface area contributed by atoms with Gasteiger partial charge in [-0.15, -0.1) is 0 Å². The summed E-state index contributed by atoms with van der Waals surface area (Å²) < 4.78 is 5.31. The normalized spacial score (nSPS) is 16.3. The third-order valence-electron chi connectivity index (χ3n) is 3.13. The number of rotatable bonds is 4. The van der Waals surface area contributed by atoms with Crippen LogP contribution in [0, 0.1) is 0 Å². The molecule has 98 valence electrons. The van der Waals surface area contributed by atoms with E-state index in [1.807, 2.05) is 6.07 Å². The summed E-state index contributed by atoms with van der Waals surface area (Å²) in [6, 6.07) is 5.60. The molecule has 0 atom stereocenters. The van der Waals surface area contributed by atoms with Gasteiger partial charge in [-0.1, -0.05) is 6.07 Å². The first-order chi connectivity index (χ1) is 8.72. The number of ether oxygens (including phenoxy) is 1. The number of benzene rings is 1. The maximum absolute atomic E-state index is 11.1. The molecule has 2 rings (SSSR count). The number of nitrogens with one attached hydrogen (secondary N) is 2. The van der Waals surface area contributed by atoms with Crippen molar-refractivity contribution in [2.45, 2.75) is 18.9 Å². The molecule has 0 amide bonds.